The molecule has 5 nitrogen and oxygen atoms in total. The molecule has 0 aromatic carbocycles. The van der Waals surface area contributed by atoms with E-state index in [2.05, 4.69) is 10.4 Å². The van der Waals surface area contributed by atoms with Crippen LogP contribution in [0.1, 0.15) is 23.6 Å². The van der Waals surface area contributed by atoms with Gasteiger partial charge in [-0.3, -0.25) is 16.3 Å². The molecule has 114 valence electrons. The van der Waals surface area contributed by atoms with E-state index in [1.165, 1.54) is 6.20 Å². The largest absolute Gasteiger partial charge is 0.416 e. The van der Waals surface area contributed by atoms with Crippen LogP contribution in [0.5, 0.6) is 0 Å². The van der Waals surface area contributed by atoms with Crippen LogP contribution in [0.25, 0.3) is 0 Å². The highest BCUT2D eigenvalue weighted by molar-refractivity contribution is 5.29. The van der Waals surface area contributed by atoms with Crippen molar-refractivity contribution in [3.8, 4) is 0 Å². The topological polar surface area (TPSA) is 69.4 Å². The quantitative estimate of drug-likeness (QED) is 0.433. The number of alkyl halides is 3. The van der Waals surface area contributed by atoms with E-state index in [1.54, 1.807) is 7.11 Å². The summed E-state index contributed by atoms with van der Waals surface area (Å²) < 4.78 is 48.7. The summed E-state index contributed by atoms with van der Waals surface area (Å²) in [5.74, 6) is 5.33. The fourth-order valence-electron chi connectivity index (χ4n) is 1.72. The van der Waals surface area contributed by atoms with Gasteiger partial charge in [-0.05, 0) is 12.5 Å². The molecule has 0 radical (unpaired) electrons. The summed E-state index contributed by atoms with van der Waals surface area (Å²) in [4.78, 5) is 3.73. The van der Waals surface area contributed by atoms with Crippen molar-refractivity contribution in [3.05, 3.63) is 29.6 Å². The van der Waals surface area contributed by atoms with E-state index in [4.69, 9.17) is 15.3 Å². The van der Waals surface area contributed by atoms with Crippen molar-refractivity contribution >= 4 is 0 Å². The molecule has 1 heterocycles. The van der Waals surface area contributed by atoms with Crippen molar-refractivity contribution in [2.45, 2.75) is 18.6 Å². The third-order valence-corrected chi connectivity index (χ3v) is 2.72. The molecule has 3 N–H and O–H groups in total. The number of halogens is 3. The Morgan fingerprint density at radius 1 is 1.35 bits per heavy atom. The summed E-state index contributed by atoms with van der Waals surface area (Å²) in [6, 6.07) is 0.258. The van der Waals surface area contributed by atoms with Crippen molar-refractivity contribution in [1.29, 1.82) is 0 Å². The fourth-order valence-corrected chi connectivity index (χ4v) is 1.72. The van der Waals surface area contributed by atoms with Gasteiger partial charge in [-0.1, -0.05) is 0 Å². The summed E-state index contributed by atoms with van der Waals surface area (Å²) >= 11 is 0. The van der Waals surface area contributed by atoms with Crippen LogP contribution in [0.15, 0.2) is 18.5 Å². The lowest BCUT2D eigenvalue weighted by molar-refractivity contribution is -0.138. The van der Waals surface area contributed by atoms with Crippen LogP contribution in [0, 0.1) is 0 Å². The number of hydrogen-bond acceptors (Lipinski definition) is 5. The SMILES string of the molecule is COCCOCCC(NN)c1cnccc1C(F)(F)F. The molecule has 1 aromatic heterocycles. The van der Waals surface area contributed by atoms with Gasteiger partial charge in [0.05, 0.1) is 24.8 Å². The summed E-state index contributed by atoms with van der Waals surface area (Å²) in [5.41, 5.74) is 1.64. The first kappa shape index (κ1) is 16.8. The monoisotopic (exact) mass is 293 g/mol. The van der Waals surface area contributed by atoms with Crippen LogP contribution in [-0.2, 0) is 15.7 Å². The molecule has 1 aromatic rings. The minimum absolute atomic E-state index is 0.0119. The number of nitrogens with one attached hydrogen (secondary N) is 1. The van der Waals surface area contributed by atoms with Crippen LogP contribution in [0.2, 0.25) is 0 Å². The molecular formula is C12H18F3N3O2. The van der Waals surface area contributed by atoms with Gasteiger partial charge in [0.15, 0.2) is 0 Å². The standard InChI is InChI=1S/C12H18F3N3O2/c1-19-6-7-20-5-3-11(18-16)9-8-17-4-2-10(9)12(13,14)15/h2,4,8,11,18H,3,5-7,16H2,1H3. The second-order valence-corrected chi connectivity index (χ2v) is 4.07. The van der Waals surface area contributed by atoms with E-state index in [1.807, 2.05) is 0 Å². The second kappa shape index (κ2) is 8.15. The Kier molecular flexibility index (Phi) is 6.86. The molecule has 8 heteroatoms. The predicted octanol–water partition coefficient (Wildman–Crippen LogP) is 1.66. The Balaban J connectivity index is 2.70. The molecule has 0 fully saturated rings. The Morgan fingerprint density at radius 3 is 2.70 bits per heavy atom. The summed E-state index contributed by atoms with van der Waals surface area (Å²) in [6.45, 7) is 1.08. The smallest absolute Gasteiger partial charge is 0.382 e. The van der Waals surface area contributed by atoms with Crippen LogP contribution in [0.4, 0.5) is 13.2 Å². The first-order chi connectivity index (χ1) is 9.50. The minimum Gasteiger partial charge on any atom is -0.382 e. The van der Waals surface area contributed by atoms with Crippen molar-refractivity contribution in [2.24, 2.45) is 5.84 Å². The Hall–Kier alpha value is -1.22. The van der Waals surface area contributed by atoms with Crippen molar-refractivity contribution in [1.82, 2.24) is 10.4 Å². The van der Waals surface area contributed by atoms with Gasteiger partial charge < -0.3 is 9.47 Å². The first-order valence-corrected chi connectivity index (χ1v) is 6.04. The highest BCUT2D eigenvalue weighted by Gasteiger charge is 2.35. The zero-order chi connectivity index (χ0) is 15.0. The molecule has 1 rings (SSSR count). The molecule has 0 saturated heterocycles. The summed E-state index contributed by atoms with van der Waals surface area (Å²) in [7, 11) is 1.54. The molecule has 0 saturated carbocycles. The number of rotatable bonds is 8. The molecule has 0 aliphatic heterocycles. The Labute approximate surface area is 115 Å². The lowest BCUT2D eigenvalue weighted by Gasteiger charge is -2.20. The Morgan fingerprint density at radius 2 is 2.10 bits per heavy atom. The predicted molar refractivity (Wildman–Crippen MR) is 66.6 cm³/mol. The molecule has 0 amide bonds. The van der Waals surface area contributed by atoms with Crippen LogP contribution in [0.3, 0.4) is 0 Å². The fraction of sp³-hybridized carbons (Fsp3) is 0.583. The number of pyridine rings is 1. The van der Waals surface area contributed by atoms with Crippen molar-refractivity contribution < 1.29 is 22.6 Å². The average Bonchev–Trinajstić information content (AvgIpc) is 2.42. The van der Waals surface area contributed by atoms with Crippen LogP contribution in [-0.4, -0.2) is 31.9 Å². The maximum Gasteiger partial charge on any atom is 0.416 e. The van der Waals surface area contributed by atoms with Gasteiger partial charge in [0.2, 0.25) is 0 Å². The van der Waals surface area contributed by atoms with Gasteiger partial charge in [-0.25, -0.2) is 0 Å². The number of methoxy groups -OCH3 is 1. The number of hydrogen-bond donors (Lipinski definition) is 2. The number of aromatic nitrogens is 1. The average molecular weight is 293 g/mol. The Bertz CT molecular complexity index is 402. The highest BCUT2D eigenvalue weighted by atomic mass is 19.4. The normalized spacial score (nSPS) is 13.4. The van der Waals surface area contributed by atoms with Crippen LogP contribution < -0.4 is 11.3 Å². The van der Waals surface area contributed by atoms with Gasteiger partial charge in [0.25, 0.3) is 0 Å². The van der Waals surface area contributed by atoms with Gasteiger partial charge in [-0.2, -0.15) is 13.2 Å². The molecule has 0 bridgehead atoms. The lowest BCUT2D eigenvalue weighted by atomic mass is 10.0. The van der Waals surface area contributed by atoms with Gasteiger partial charge in [0, 0.05) is 31.7 Å². The molecule has 1 unspecified atom stereocenters. The molecule has 1 atom stereocenters. The highest BCUT2D eigenvalue weighted by Crippen LogP contribution is 2.34. The lowest BCUT2D eigenvalue weighted by Crippen LogP contribution is -2.31. The third kappa shape index (κ3) is 5.04. The summed E-state index contributed by atoms with van der Waals surface area (Å²) in [5, 5.41) is 0. The zero-order valence-electron chi connectivity index (χ0n) is 11.1. The second-order valence-electron chi connectivity index (χ2n) is 4.07. The van der Waals surface area contributed by atoms with Gasteiger partial charge in [0.1, 0.15) is 0 Å². The molecular weight excluding hydrogens is 275 g/mol. The van der Waals surface area contributed by atoms with E-state index >= 15 is 0 Å². The molecule has 0 aliphatic carbocycles. The van der Waals surface area contributed by atoms with E-state index in [-0.39, 0.29) is 12.2 Å². The summed E-state index contributed by atoms with van der Waals surface area (Å²) in [6.07, 6.45) is -1.86. The minimum atomic E-state index is -4.44. The van der Waals surface area contributed by atoms with E-state index in [0.29, 0.717) is 19.6 Å². The van der Waals surface area contributed by atoms with Crippen molar-refractivity contribution in [2.75, 3.05) is 26.9 Å². The first-order valence-electron chi connectivity index (χ1n) is 6.04. The third-order valence-electron chi connectivity index (χ3n) is 2.72. The van der Waals surface area contributed by atoms with Gasteiger partial charge in [-0.15, -0.1) is 0 Å². The van der Waals surface area contributed by atoms with Crippen LogP contribution >= 0.6 is 0 Å². The van der Waals surface area contributed by atoms with E-state index in [0.717, 1.165) is 12.3 Å². The maximum absolute atomic E-state index is 12.9. The maximum atomic E-state index is 12.9. The molecule has 0 spiro atoms. The molecule has 20 heavy (non-hydrogen) atoms. The number of ether oxygens (including phenoxy) is 2. The number of nitrogens with zero attached hydrogens (tertiary/aromatic N) is 1. The van der Waals surface area contributed by atoms with E-state index in [9.17, 15) is 13.2 Å². The van der Waals surface area contributed by atoms with Crippen molar-refractivity contribution in [3.63, 3.8) is 0 Å². The number of nitrogens with two attached hydrogens (primary N) is 1. The molecule has 0 aliphatic rings. The van der Waals surface area contributed by atoms with Gasteiger partial charge >= 0.3 is 6.18 Å². The number of hydrazine groups is 1. The zero-order valence-corrected chi connectivity index (χ0v) is 11.1. The van der Waals surface area contributed by atoms with E-state index < -0.39 is 17.8 Å².